The summed E-state index contributed by atoms with van der Waals surface area (Å²) in [6.45, 7) is 0.534. The summed E-state index contributed by atoms with van der Waals surface area (Å²) in [4.78, 5) is 23.4. The Morgan fingerprint density at radius 2 is 1.80 bits per heavy atom. The van der Waals surface area contributed by atoms with Crippen molar-refractivity contribution in [2.24, 2.45) is 0 Å². The minimum absolute atomic E-state index is 0.0817. The molecule has 0 bridgehead atoms. The van der Waals surface area contributed by atoms with Gasteiger partial charge in [-0.1, -0.05) is 31.0 Å². The fourth-order valence-electron chi connectivity index (χ4n) is 2.51. The normalized spacial score (nSPS) is 15.0. The third-order valence-corrected chi connectivity index (χ3v) is 3.62. The van der Waals surface area contributed by atoms with Crippen molar-refractivity contribution in [2.45, 2.75) is 44.6 Å². The van der Waals surface area contributed by atoms with E-state index >= 15 is 0 Å². The number of amides is 2. The Morgan fingerprint density at radius 3 is 2.50 bits per heavy atom. The van der Waals surface area contributed by atoms with Crippen LogP contribution in [0.5, 0.6) is 0 Å². The number of rotatable bonds is 6. The van der Waals surface area contributed by atoms with Gasteiger partial charge in [-0.15, -0.1) is 0 Å². The predicted molar refractivity (Wildman–Crippen MR) is 78.4 cm³/mol. The summed E-state index contributed by atoms with van der Waals surface area (Å²) in [5.41, 5.74) is 0.655. The SMILES string of the molecule is O=C(CCCNC(=O)c1ccccc1)NC1CCCC1. The summed E-state index contributed by atoms with van der Waals surface area (Å²) in [6, 6.07) is 9.49. The van der Waals surface area contributed by atoms with E-state index < -0.39 is 0 Å². The highest BCUT2D eigenvalue weighted by Crippen LogP contribution is 2.17. The van der Waals surface area contributed by atoms with Gasteiger partial charge in [-0.3, -0.25) is 9.59 Å². The minimum Gasteiger partial charge on any atom is -0.353 e. The van der Waals surface area contributed by atoms with Crippen molar-refractivity contribution < 1.29 is 9.59 Å². The molecule has 4 nitrogen and oxygen atoms in total. The smallest absolute Gasteiger partial charge is 0.251 e. The molecule has 0 unspecified atom stereocenters. The highest BCUT2D eigenvalue weighted by molar-refractivity contribution is 5.94. The lowest BCUT2D eigenvalue weighted by atomic mass is 10.2. The zero-order valence-electron chi connectivity index (χ0n) is 11.7. The lowest BCUT2D eigenvalue weighted by Gasteiger charge is -2.11. The maximum Gasteiger partial charge on any atom is 0.251 e. The van der Waals surface area contributed by atoms with E-state index in [2.05, 4.69) is 10.6 Å². The first-order valence-electron chi connectivity index (χ1n) is 7.38. The average molecular weight is 274 g/mol. The molecule has 2 rings (SSSR count). The highest BCUT2D eigenvalue weighted by atomic mass is 16.2. The van der Waals surface area contributed by atoms with Gasteiger partial charge in [0.15, 0.2) is 0 Å². The van der Waals surface area contributed by atoms with E-state index in [1.807, 2.05) is 18.2 Å². The lowest BCUT2D eigenvalue weighted by molar-refractivity contribution is -0.121. The number of carbonyl (C=O) groups excluding carboxylic acids is 2. The zero-order chi connectivity index (χ0) is 14.2. The average Bonchev–Trinajstić information content (AvgIpc) is 2.97. The molecule has 1 aliphatic carbocycles. The molecule has 1 fully saturated rings. The van der Waals surface area contributed by atoms with Crippen molar-refractivity contribution in [2.75, 3.05) is 6.54 Å². The molecule has 1 aromatic carbocycles. The van der Waals surface area contributed by atoms with Gasteiger partial charge in [0.1, 0.15) is 0 Å². The van der Waals surface area contributed by atoms with Crippen LogP contribution in [-0.4, -0.2) is 24.4 Å². The van der Waals surface area contributed by atoms with E-state index in [1.165, 1.54) is 12.8 Å². The molecule has 0 atom stereocenters. The summed E-state index contributed by atoms with van der Waals surface area (Å²) in [7, 11) is 0. The second-order valence-electron chi connectivity index (χ2n) is 5.27. The van der Waals surface area contributed by atoms with E-state index in [-0.39, 0.29) is 11.8 Å². The lowest BCUT2D eigenvalue weighted by Crippen LogP contribution is -2.33. The first-order valence-corrected chi connectivity index (χ1v) is 7.38. The Morgan fingerprint density at radius 1 is 1.10 bits per heavy atom. The molecule has 1 aromatic rings. The van der Waals surface area contributed by atoms with Crippen molar-refractivity contribution in [1.29, 1.82) is 0 Å². The third kappa shape index (κ3) is 4.68. The molecule has 2 N–H and O–H groups in total. The van der Waals surface area contributed by atoms with E-state index in [9.17, 15) is 9.59 Å². The maximum absolute atomic E-state index is 11.8. The van der Waals surface area contributed by atoms with E-state index in [1.54, 1.807) is 12.1 Å². The van der Waals surface area contributed by atoms with Crippen LogP contribution < -0.4 is 10.6 Å². The molecule has 20 heavy (non-hydrogen) atoms. The Hall–Kier alpha value is -1.84. The molecule has 2 amide bonds. The molecule has 0 aromatic heterocycles. The molecular weight excluding hydrogens is 252 g/mol. The van der Waals surface area contributed by atoms with E-state index in [4.69, 9.17) is 0 Å². The number of benzene rings is 1. The van der Waals surface area contributed by atoms with Gasteiger partial charge in [-0.25, -0.2) is 0 Å². The van der Waals surface area contributed by atoms with Crippen molar-refractivity contribution in [3.05, 3.63) is 35.9 Å². The van der Waals surface area contributed by atoms with Gasteiger partial charge in [0.25, 0.3) is 5.91 Å². The maximum atomic E-state index is 11.8. The van der Waals surface area contributed by atoms with Crippen molar-refractivity contribution in [3.8, 4) is 0 Å². The monoisotopic (exact) mass is 274 g/mol. The number of carbonyl (C=O) groups is 2. The summed E-state index contributed by atoms with van der Waals surface area (Å²) in [5.74, 6) is 0.0210. The van der Waals surface area contributed by atoms with Crippen molar-refractivity contribution in [1.82, 2.24) is 10.6 Å². The Labute approximate surface area is 119 Å². The largest absolute Gasteiger partial charge is 0.353 e. The number of hydrogen-bond donors (Lipinski definition) is 2. The van der Waals surface area contributed by atoms with Crippen LogP contribution in [-0.2, 0) is 4.79 Å². The Balaban J connectivity index is 1.59. The molecule has 0 saturated heterocycles. The van der Waals surface area contributed by atoms with Crippen LogP contribution in [0.3, 0.4) is 0 Å². The van der Waals surface area contributed by atoms with Gasteiger partial charge in [0.2, 0.25) is 5.91 Å². The van der Waals surface area contributed by atoms with E-state index in [0.717, 1.165) is 12.8 Å². The fraction of sp³-hybridized carbons (Fsp3) is 0.500. The molecule has 0 heterocycles. The van der Waals surface area contributed by atoms with Gasteiger partial charge in [-0.05, 0) is 31.4 Å². The third-order valence-electron chi connectivity index (χ3n) is 3.62. The van der Waals surface area contributed by atoms with Crippen LogP contribution in [0.25, 0.3) is 0 Å². The van der Waals surface area contributed by atoms with Crippen LogP contribution in [0, 0.1) is 0 Å². The van der Waals surface area contributed by atoms with Crippen molar-refractivity contribution in [3.63, 3.8) is 0 Å². The summed E-state index contributed by atoms with van der Waals surface area (Å²) in [6.07, 6.45) is 5.81. The molecule has 0 spiro atoms. The first-order chi connectivity index (χ1) is 9.75. The fourth-order valence-corrected chi connectivity index (χ4v) is 2.51. The number of nitrogens with one attached hydrogen (secondary N) is 2. The first kappa shape index (κ1) is 14.6. The van der Waals surface area contributed by atoms with Gasteiger partial charge in [0, 0.05) is 24.6 Å². The second kappa shape index (κ2) is 7.68. The Kier molecular flexibility index (Phi) is 5.59. The zero-order valence-corrected chi connectivity index (χ0v) is 11.7. The van der Waals surface area contributed by atoms with Crippen LogP contribution in [0.1, 0.15) is 48.9 Å². The van der Waals surface area contributed by atoms with Gasteiger partial charge < -0.3 is 10.6 Å². The summed E-state index contributed by atoms with van der Waals surface area (Å²) < 4.78 is 0. The standard InChI is InChI=1S/C16H22N2O2/c19-15(18-14-9-4-5-10-14)11-6-12-17-16(20)13-7-2-1-3-8-13/h1-3,7-8,14H,4-6,9-12H2,(H,17,20)(H,18,19). The molecule has 1 aliphatic rings. The molecule has 108 valence electrons. The molecule has 1 saturated carbocycles. The second-order valence-corrected chi connectivity index (χ2v) is 5.27. The predicted octanol–water partition coefficient (Wildman–Crippen LogP) is 2.26. The van der Waals surface area contributed by atoms with Gasteiger partial charge in [-0.2, -0.15) is 0 Å². The molecular formula is C16H22N2O2. The van der Waals surface area contributed by atoms with Crippen LogP contribution in [0.2, 0.25) is 0 Å². The highest BCUT2D eigenvalue weighted by Gasteiger charge is 2.16. The van der Waals surface area contributed by atoms with Crippen LogP contribution in [0.15, 0.2) is 30.3 Å². The van der Waals surface area contributed by atoms with Crippen LogP contribution >= 0.6 is 0 Å². The van der Waals surface area contributed by atoms with Crippen molar-refractivity contribution >= 4 is 11.8 Å². The quantitative estimate of drug-likeness (QED) is 0.782. The van der Waals surface area contributed by atoms with E-state index in [0.29, 0.717) is 31.0 Å². The topological polar surface area (TPSA) is 58.2 Å². The van der Waals surface area contributed by atoms with Gasteiger partial charge >= 0.3 is 0 Å². The summed E-state index contributed by atoms with van der Waals surface area (Å²) >= 11 is 0. The minimum atomic E-state index is -0.0817. The summed E-state index contributed by atoms with van der Waals surface area (Å²) in [5, 5.41) is 5.88. The van der Waals surface area contributed by atoms with Crippen LogP contribution in [0.4, 0.5) is 0 Å². The van der Waals surface area contributed by atoms with Gasteiger partial charge in [0.05, 0.1) is 0 Å². The Bertz CT molecular complexity index is 439. The molecule has 0 aliphatic heterocycles. The molecule has 4 heteroatoms. The number of hydrogen-bond acceptors (Lipinski definition) is 2. The molecule has 0 radical (unpaired) electrons.